The largest absolute Gasteiger partial charge is 0.481 e. The van der Waals surface area contributed by atoms with E-state index in [1.54, 1.807) is 6.07 Å². The van der Waals surface area contributed by atoms with Gasteiger partial charge in [0.25, 0.3) is 0 Å². The van der Waals surface area contributed by atoms with Gasteiger partial charge in [-0.05, 0) is 12.1 Å². The highest BCUT2D eigenvalue weighted by atomic mass is 19.4. The van der Waals surface area contributed by atoms with Crippen molar-refractivity contribution in [2.45, 2.75) is 12.7 Å². The van der Waals surface area contributed by atoms with Gasteiger partial charge in [-0.2, -0.15) is 13.2 Å². The highest BCUT2D eigenvalue weighted by Crippen LogP contribution is 2.38. The summed E-state index contributed by atoms with van der Waals surface area (Å²) in [6.07, 6.45) is -4.51. The van der Waals surface area contributed by atoms with Gasteiger partial charge in [-0.25, -0.2) is 0 Å². The maximum Gasteiger partial charge on any atom is 0.393 e. The Labute approximate surface area is 130 Å². The molecule has 0 spiro atoms. The van der Waals surface area contributed by atoms with E-state index in [9.17, 15) is 18.0 Å². The van der Waals surface area contributed by atoms with Gasteiger partial charge in [-0.15, -0.1) is 0 Å². The molecule has 0 aliphatic carbocycles. The Morgan fingerprint density at radius 1 is 1.22 bits per heavy atom. The second-order valence-corrected chi connectivity index (χ2v) is 5.78. The number of likely N-dealkylation sites (tertiary alicyclic amines) is 1. The van der Waals surface area contributed by atoms with E-state index < -0.39 is 24.0 Å². The maximum atomic E-state index is 13.0. The van der Waals surface area contributed by atoms with Crippen LogP contribution in [0.25, 0.3) is 10.9 Å². The number of pyridine rings is 1. The second-order valence-electron chi connectivity index (χ2n) is 5.78. The number of halogens is 3. The third-order valence-electron chi connectivity index (χ3n) is 4.17. The molecule has 122 valence electrons. The number of aromatic nitrogens is 1. The highest BCUT2D eigenvalue weighted by molar-refractivity contribution is 5.78. The lowest BCUT2D eigenvalue weighted by atomic mass is 9.96. The first-order chi connectivity index (χ1) is 10.8. The van der Waals surface area contributed by atoms with Gasteiger partial charge in [-0.1, -0.05) is 24.3 Å². The van der Waals surface area contributed by atoms with E-state index in [0.29, 0.717) is 5.69 Å². The zero-order chi connectivity index (χ0) is 16.6. The van der Waals surface area contributed by atoms with Gasteiger partial charge >= 0.3 is 12.1 Å². The molecule has 1 aliphatic rings. The summed E-state index contributed by atoms with van der Waals surface area (Å²) in [6, 6.07) is 11.1. The topological polar surface area (TPSA) is 53.4 Å². The van der Waals surface area contributed by atoms with Crippen molar-refractivity contribution < 1.29 is 23.1 Å². The van der Waals surface area contributed by atoms with Crippen LogP contribution in [0.2, 0.25) is 0 Å². The fraction of sp³-hybridized carbons (Fsp3) is 0.375. The Bertz CT molecular complexity index is 733. The second kappa shape index (κ2) is 5.81. The van der Waals surface area contributed by atoms with E-state index in [2.05, 4.69) is 4.98 Å². The van der Waals surface area contributed by atoms with Gasteiger partial charge in [0.05, 0.1) is 23.0 Å². The van der Waals surface area contributed by atoms with Gasteiger partial charge in [-0.3, -0.25) is 14.7 Å². The van der Waals surface area contributed by atoms with Crippen LogP contribution in [0.4, 0.5) is 13.2 Å². The van der Waals surface area contributed by atoms with Gasteiger partial charge in [0.15, 0.2) is 0 Å². The zero-order valence-corrected chi connectivity index (χ0v) is 12.1. The van der Waals surface area contributed by atoms with Crippen molar-refractivity contribution in [3.05, 3.63) is 42.1 Å². The van der Waals surface area contributed by atoms with E-state index in [0.717, 1.165) is 10.9 Å². The van der Waals surface area contributed by atoms with Crippen LogP contribution in [0.15, 0.2) is 36.4 Å². The minimum atomic E-state index is -4.51. The molecule has 1 aromatic heterocycles. The number of fused-ring (bicyclic) bond motifs is 1. The molecule has 1 aromatic carbocycles. The predicted molar refractivity (Wildman–Crippen MR) is 77.7 cm³/mol. The van der Waals surface area contributed by atoms with Crippen LogP contribution in [-0.2, 0) is 11.3 Å². The van der Waals surface area contributed by atoms with E-state index in [-0.39, 0.29) is 19.6 Å². The summed E-state index contributed by atoms with van der Waals surface area (Å²) in [6.45, 7) is -0.218. The Balaban J connectivity index is 1.78. The van der Waals surface area contributed by atoms with Crippen molar-refractivity contribution in [1.29, 1.82) is 0 Å². The summed E-state index contributed by atoms with van der Waals surface area (Å²) in [7, 11) is 0. The number of para-hydroxylation sites is 1. The normalized spacial score (nSPS) is 22.6. The Morgan fingerprint density at radius 2 is 1.96 bits per heavy atom. The molecule has 0 amide bonds. The van der Waals surface area contributed by atoms with E-state index >= 15 is 0 Å². The molecule has 23 heavy (non-hydrogen) atoms. The van der Waals surface area contributed by atoms with Crippen molar-refractivity contribution >= 4 is 16.9 Å². The van der Waals surface area contributed by atoms with Crippen molar-refractivity contribution in [3.63, 3.8) is 0 Å². The van der Waals surface area contributed by atoms with E-state index in [4.69, 9.17) is 5.11 Å². The molecule has 3 rings (SSSR count). The van der Waals surface area contributed by atoms with Crippen LogP contribution in [0.5, 0.6) is 0 Å². The Hall–Kier alpha value is -2.15. The summed E-state index contributed by atoms with van der Waals surface area (Å²) in [5.41, 5.74) is 1.40. The van der Waals surface area contributed by atoms with E-state index in [1.807, 2.05) is 30.3 Å². The third kappa shape index (κ3) is 3.29. The van der Waals surface area contributed by atoms with Crippen molar-refractivity contribution in [2.75, 3.05) is 13.1 Å². The molecule has 1 saturated heterocycles. The zero-order valence-electron chi connectivity index (χ0n) is 12.1. The van der Waals surface area contributed by atoms with Gasteiger partial charge in [0.1, 0.15) is 0 Å². The number of rotatable bonds is 3. The number of carboxylic acids is 1. The summed E-state index contributed by atoms with van der Waals surface area (Å²) >= 11 is 0. The molecule has 0 bridgehead atoms. The molecule has 2 heterocycles. The van der Waals surface area contributed by atoms with Crippen LogP contribution in [0, 0.1) is 11.8 Å². The average Bonchev–Trinajstić information content (AvgIpc) is 2.91. The molecule has 0 radical (unpaired) electrons. The molecule has 2 aromatic rings. The number of benzene rings is 1. The molecule has 1 fully saturated rings. The molecule has 1 N–H and O–H groups in total. The smallest absolute Gasteiger partial charge is 0.393 e. The molecule has 1 aliphatic heterocycles. The molecule has 7 heteroatoms. The van der Waals surface area contributed by atoms with Crippen LogP contribution in [0.1, 0.15) is 5.69 Å². The number of aliphatic carboxylic acids is 1. The molecular formula is C16H15F3N2O2. The fourth-order valence-electron chi connectivity index (χ4n) is 3.02. The highest BCUT2D eigenvalue weighted by Gasteiger charge is 2.52. The molecule has 0 unspecified atom stereocenters. The quantitative estimate of drug-likeness (QED) is 0.943. The van der Waals surface area contributed by atoms with Crippen LogP contribution in [-0.4, -0.2) is 40.2 Å². The summed E-state index contributed by atoms with van der Waals surface area (Å²) in [5, 5.41) is 9.98. The summed E-state index contributed by atoms with van der Waals surface area (Å²) in [4.78, 5) is 17.0. The lowest BCUT2D eigenvalue weighted by Gasteiger charge is -2.18. The maximum absolute atomic E-state index is 13.0. The first-order valence-corrected chi connectivity index (χ1v) is 7.21. The lowest BCUT2D eigenvalue weighted by Crippen LogP contribution is -2.33. The molecular weight excluding hydrogens is 309 g/mol. The third-order valence-corrected chi connectivity index (χ3v) is 4.17. The summed E-state index contributed by atoms with van der Waals surface area (Å²) in [5.74, 6) is -4.66. The molecule has 2 atom stereocenters. The minimum absolute atomic E-state index is 0.117. The van der Waals surface area contributed by atoms with Gasteiger partial charge < -0.3 is 5.11 Å². The minimum Gasteiger partial charge on any atom is -0.481 e. The van der Waals surface area contributed by atoms with Crippen molar-refractivity contribution in [1.82, 2.24) is 9.88 Å². The first-order valence-electron chi connectivity index (χ1n) is 7.21. The molecule has 0 saturated carbocycles. The van der Waals surface area contributed by atoms with Crippen molar-refractivity contribution in [3.8, 4) is 0 Å². The number of carboxylic acid groups (broad SMARTS) is 1. The summed E-state index contributed by atoms with van der Waals surface area (Å²) < 4.78 is 39.0. The van der Waals surface area contributed by atoms with Gasteiger partial charge in [0.2, 0.25) is 0 Å². The number of alkyl halides is 3. The van der Waals surface area contributed by atoms with Crippen molar-refractivity contribution in [2.24, 2.45) is 11.8 Å². The number of hydrogen-bond acceptors (Lipinski definition) is 3. The number of nitrogens with zero attached hydrogens (tertiary/aromatic N) is 2. The first kappa shape index (κ1) is 15.7. The van der Waals surface area contributed by atoms with Crippen LogP contribution in [0.3, 0.4) is 0 Å². The fourth-order valence-corrected chi connectivity index (χ4v) is 3.02. The van der Waals surface area contributed by atoms with E-state index in [1.165, 1.54) is 4.90 Å². The molecule has 4 nitrogen and oxygen atoms in total. The Kier molecular flexibility index (Phi) is 3.97. The number of hydrogen-bond donors (Lipinski definition) is 1. The van der Waals surface area contributed by atoms with Crippen LogP contribution >= 0.6 is 0 Å². The predicted octanol–water partition coefficient (Wildman–Crippen LogP) is 2.93. The monoisotopic (exact) mass is 324 g/mol. The van der Waals surface area contributed by atoms with Crippen LogP contribution < -0.4 is 0 Å². The number of carbonyl (C=O) groups is 1. The lowest BCUT2D eigenvalue weighted by molar-refractivity contribution is -0.188. The van der Waals surface area contributed by atoms with Gasteiger partial charge in [0, 0.05) is 25.0 Å². The Morgan fingerprint density at radius 3 is 2.61 bits per heavy atom. The average molecular weight is 324 g/mol. The standard InChI is InChI=1S/C16H15F3N2O2/c17-16(18,19)13-9-21(8-12(13)15(22)23)7-11-6-5-10-3-1-2-4-14(10)20-11/h1-6,12-13H,7-9H2,(H,22,23)/t12-,13-/m1/s1. The SMILES string of the molecule is O=C(O)[C@@H]1CN(Cc2ccc3ccccc3n2)C[C@H]1C(F)(F)F.